The maximum absolute atomic E-state index is 11.7. The molecule has 2 aromatic rings. The van der Waals surface area contributed by atoms with E-state index < -0.39 is 0 Å². The minimum absolute atomic E-state index is 0.146. The maximum Gasteiger partial charge on any atom is 0.314 e. The third kappa shape index (κ3) is 6.02. The van der Waals surface area contributed by atoms with Crippen molar-refractivity contribution in [2.45, 2.75) is 26.2 Å². The first kappa shape index (κ1) is 16.9. The lowest BCUT2D eigenvalue weighted by Crippen LogP contribution is -2.37. The monoisotopic (exact) mass is 317 g/mol. The summed E-state index contributed by atoms with van der Waals surface area (Å²) in [5, 5.41) is 9.51. The second kappa shape index (κ2) is 8.82. The summed E-state index contributed by atoms with van der Waals surface area (Å²) in [6.07, 6.45) is 2.38. The van der Waals surface area contributed by atoms with Crippen molar-refractivity contribution in [1.29, 1.82) is 0 Å². The largest absolute Gasteiger partial charge is 0.497 e. The van der Waals surface area contributed by atoms with Crippen molar-refractivity contribution in [2.24, 2.45) is 0 Å². The molecule has 0 aliphatic carbocycles. The van der Waals surface area contributed by atoms with E-state index in [1.165, 1.54) is 0 Å². The summed E-state index contributed by atoms with van der Waals surface area (Å²) in [5.41, 5.74) is 2.04. The summed E-state index contributed by atoms with van der Waals surface area (Å²) in [7, 11) is 1.64. The van der Waals surface area contributed by atoms with Crippen molar-refractivity contribution in [3.63, 3.8) is 0 Å². The number of amides is 2. The molecule has 2 N–H and O–H groups in total. The van der Waals surface area contributed by atoms with Gasteiger partial charge in [-0.3, -0.25) is 0 Å². The second-order valence-corrected chi connectivity index (χ2v) is 5.32. The van der Waals surface area contributed by atoms with Crippen LogP contribution in [-0.4, -0.2) is 31.4 Å². The number of ether oxygens (including phenoxy) is 1. The number of benzene rings is 1. The Labute approximate surface area is 136 Å². The zero-order valence-corrected chi connectivity index (χ0v) is 13.6. The quantitative estimate of drug-likeness (QED) is 0.733. The van der Waals surface area contributed by atoms with Crippen molar-refractivity contribution < 1.29 is 14.1 Å². The smallest absolute Gasteiger partial charge is 0.314 e. The van der Waals surface area contributed by atoms with Crippen molar-refractivity contribution >= 4 is 6.03 Å². The van der Waals surface area contributed by atoms with Crippen LogP contribution in [-0.2, 0) is 12.8 Å². The van der Waals surface area contributed by atoms with Gasteiger partial charge in [0.25, 0.3) is 0 Å². The Morgan fingerprint density at radius 1 is 1.17 bits per heavy atom. The summed E-state index contributed by atoms with van der Waals surface area (Å²) < 4.78 is 10.2. The summed E-state index contributed by atoms with van der Waals surface area (Å²) >= 11 is 0. The van der Waals surface area contributed by atoms with Gasteiger partial charge in [-0.15, -0.1) is 0 Å². The molecule has 0 radical (unpaired) electrons. The standard InChI is InChI=1S/C17H23N3O3/c1-13-12-16(23-20-13)4-3-10-18-17(21)19-11-9-14-5-7-15(22-2)8-6-14/h5-8,12H,3-4,9-11H2,1-2H3,(H2,18,19,21). The summed E-state index contributed by atoms with van der Waals surface area (Å²) in [6, 6.07) is 9.60. The van der Waals surface area contributed by atoms with E-state index in [1.54, 1.807) is 7.11 Å². The maximum atomic E-state index is 11.7. The molecule has 23 heavy (non-hydrogen) atoms. The molecule has 1 aromatic carbocycles. The normalized spacial score (nSPS) is 10.3. The fourth-order valence-corrected chi connectivity index (χ4v) is 2.17. The molecule has 6 nitrogen and oxygen atoms in total. The first-order valence-electron chi connectivity index (χ1n) is 7.74. The molecule has 0 aliphatic rings. The average Bonchev–Trinajstić information content (AvgIpc) is 2.98. The SMILES string of the molecule is COc1ccc(CCNC(=O)NCCCc2cc(C)no2)cc1. The first-order valence-corrected chi connectivity index (χ1v) is 7.74. The summed E-state index contributed by atoms with van der Waals surface area (Å²) in [6.45, 7) is 3.09. The minimum atomic E-state index is -0.146. The van der Waals surface area contributed by atoms with Crippen molar-refractivity contribution in [3.8, 4) is 5.75 Å². The highest BCUT2D eigenvalue weighted by Crippen LogP contribution is 2.11. The molecule has 0 saturated carbocycles. The Morgan fingerprint density at radius 3 is 2.57 bits per heavy atom. The second-order valence-electron chi connectivity index (χ2n) is 5.32. The Bertz CT molecular complexity index is 608. The van der Waals surface area contributed by atoms with Crippen molar-refractivity contribution in [3.05, 3.63) is 47.3 Å². The van der Waals surface area contributed by atoms with E-state index in [4.69, 9.17) is 9.26 Å². The number of carbonyl (C=O) groups excluding carboxylic acids is 1. The van der Waals surface area contributed by atoms with Crippen molar-refractivity contribution in [2.75, 3.05) is 20.2 Å². The van der Waals surface area contributed by atoms with Crippen LogP contribution in [0.25, 0.3) is 0 Å². The lowest BCUT2D eigenvalue weighted by Gasteiger charge is -2.07. The van der Waals surface area contributed by atoms with Gasteiger partial charge < -0.3 is 19.9 Å². The molecule has 0 aliphatic heterocycles. The van der Waals surface area contributed by atoms with Gasteiger partial charge in [0, 0.05) is 25.6 Å². The molecule has 2 amide bonds. The third-order valence-corrected chi connectivity index (χ3v) is 3.42. The number of aromatic nitrogens is 1. The highest BCUT2D eigenvalue weighted by Gasteiger charge is 2.02. The van der Waals surface area contributed by atoms with E-state index in [-0.39, 0.29) is 6.03 Å². The molecule has 1 aromatic heterocycles. The van der Waals surface area contributed by atoms with Crippen LogP contribution >= 0.6 is 0 Å². The molecular weight excluding hydrogens is 294 g/mol. The molecule has 124 valence electrons. The zero-order valence-electron chi connectivity index (χ0n) is 13.6. The van der Waals surface area contributed by atoms with Crippen LogP contribution in [0.4, 0.5) is 4.79 Å². The first-order chi connectivity index (χ1) is 11.2. The van der Waals surface area contributed by atoms with Gasteiger partial charge in [-0.05, 0) is 37.5 Å². The summed E-state index contributed by atoms with van der Waals surface area (Å²) in [4.78, 5) is 11.7. The molecule has 0 unspecified atom stereocenters. The molecule has 0 saturated heterocycles. The minimum Gasteiger partial charge on any atom is -0.497 e. The number of hydrogen-bond acceptors (Lipinski definition) is 4. The van der Waals surface area contributed by atoms with E-state index in [1.807, 2.05) is 37.3 Å². The Balaban J connectivity index is 1.55. The van der Waals surface area contributed by atoms with Gasteiger partial charge >= 0.3 is 6.03 Å². The van der Waals surface area contributed by atoms with Crippen LogP contribution in [0.15, 0.2) is 34.9 Å². The molecule has 0 spiro atoms. The molecule has 2 rings (SSSR count). The lowest BCUT2D eigenvalue weighted by molar-refractivity contribution is 0.240. The molecule has 0 fully saturated rings. The van der Waals surface area contributed by atoms with E-state index >= 15 is 0 Å². The summed E-state index contributed by atoms with van der Waals surface area (Å²) in [5.74, 6) is 1.69. The highest BCUT2D eigenvalue weighted by atomic mass is 16.5. The van der Waals surface area contributed by atoms with Crippen LogP contribution in [0.3, 0.4) is 0 Å². The van der Waals surface area contributed by atoms with E-state index in [2.05, 4.69) is 15.8 Å². The molecule has 6 heteroatoms. The number of aryl methyl sites for hydroxylation is 2. The molecular formula is C17H23N3O3. The topological polar surface area (TPSA) is 76.4 Å². The Kier molecular flexibility index (Phi) is 6.47. The number of nitrogens with one attached hydrogen (secondary N) is 2. The van der Waals surface area contributed by atoms with Gasteiger partial charge in [-0.25, -0.2) is 4.79 Å². The van der Waals surface area contributed by atoms with Crippen LogP contribution in [0.1, 0.15) is 23.4 Å². The number of rotatable bonds is 8. The van der Waals surface area contributed by atoms with Crippen LogP contribution in [0.2, 0.25) is 0 Å². The predicted molar refractivity (Wildman–Crippen MR) is 87.7 cm³/mol. The predicted octanol–water partition coefficient (Wildman–Crippen LogP) is 2.47. The molecule has 0 bridgehead atoms. The van der Waals surface area contributed by atoms with Gasteiger partial charge in [0.2, 0.25) is 0 Å². The van der Waals surface area contributed by atoms with E-state index in [0.717, 1.165) is 42.0 Å². The van der Waals surface area contributed by atoms with Crippen LogP contribution in [0.5, 0.6) is 5.75 Å². The van der Waals surface area contributed by atoms with Crippen molar-refractivity contribution in [1.82, 2.24) is 15.8 Å². The highest BCUT2D eigenvalue weighted by molar-refractivity contribution is 5.73. The fourth-order valence-electron chi connectivity index (χ4n) is 2.17. The van der Waals surface area contributed by atoms with Gasteiger partial charge in [0.1, 0.15) is 11.5 Å². The Morgan fingerprint density at radius 2 is 1.91 bits per heavy atom. The zero-order chi connectivity index (χ0) is 16.5. The number of methoxy groups -OCH3 is 1. The van der Waals surface area contributed by atoms with E-state index in [9.17, 15) is 4.79 Å². The number of urea groups is 1. The van der Waals surface area contributed by atoms with Crippen LogP contribution in [0, 0.1) is 6.92 Å². The fraction of sp³-hybridized carbons (Fsp3) is 0.412. The van der Waals surface area contributed by atoms with Gasteiger partial charge in [-0.1, -0.05) is 17.3 Å². The van der Waals surface area contributed by atoms with Gasteiger partial charge in [0.05, 0.1) is 12.8 Å². The average molecular weight is 317 g/mol. The van der Waals surface area contributed by atoms with Gasteiger partial charge in [0.15, 0.2) is 0 Å². The Hall–Kier alpha value is -2.50. The van der Waals surface area contributed by atoms with E-state index in [0.29, 0.717) is 13.1 Å². The number of carbonyl (C=O) groups is 1. The lowest BCUT2D eigenvalue weighted by atomic mass is 10.1. The number of nitrogens with zero attached hydrogens (tertiary/aromatic N) is 1. The van der Waals surface area contributed by atoms with Gasteiger partial charge in [-0.2, -0.15) is 0 Å². The molecule has 0 atom stereocenters. The molecule has 1 heterocycles. The number of hydrogen-bond donors (Lipinski definition) is 2. The van der Waals surface area contributed by atoms with Crippen LogP contribution < -0.4 is 15.4 Å². The third-order valence-electron chi connectivity index (χ3n) is 3.42.